The van der Waals surface area contributed by atoms with Gasteiger partial charge in [-0.15, -0.1) is 0 Å². The van der Waals surface area contributed by atoms with Crippen LogP contribution in [0.5, 0.6) is 0 Å². The fraction of sp³-hybridized carbons (Fsp3) is 0.889. The molecule has 0 aromatic heterocycles. The Labute approximate surface area is 67.1 Å². The highest BCUT2D eigenvalue weighted by atomic mass is 16.1. The maximum atomic E-state index is 10.7. The molecule has 0 heterocycles. The zero-order valence-corrected chi connectivity index (χ0v) is 6.97. The molecule has 0 radical (unpaired) electrons. The molecule has 1 amide bonds. The van der Waals surface area contributed by atoms with Crippen LogP contribution in [0, 0.1) is 17.3 Å². The lowest BCUT2D eigenvalue weighted by atomic mass is 9.48. The first-order valence-corrected chi connectivity index (χ1v) is 4.41. The van der Waals surface area contributed by atoms with Crippen LogP contribution in [0.2, 0.25) is 0 Å². The van der Waals surface area contributed by atoms with E-state index in [1.165, 1.54) is 12.8 Å². The number of rotatable bonds is 1. The molecule has 2 aliphatic carbocycles. The third-order valence-corrected chi connectivity index (χ3v) is 3.32. The maximum Gasteiger partial charge on any atom is 0.220 e. The lowest BCUT2D eigenvalue weighted by molar-refractivity contribution is -0.136. The van der Waals surface area contributed by atoms with Gasteiger partial charge in [0.25, 0.3) is 0 Å². The summed E-state index contributed by atoms with van der Waals surface area (Å²) in [6, 6.07) is 0. The van der Waals surface area contributed by atoms with E-state index in [9.17, 15) is 4.79 Å². The standard InChI is InChI=1S/C9H15NO/c1-6-2-9(3-6)4-7(5-9)8(10)11/h6-7H,2-5H2,1H3,(H2,10,11). The van der Waals surface area contributed by atoms with Gasteiger partial charge in [-0.2, -0.15) is 0 Å². The Kier molecular flexibility index (Phi) is 1.29. The smallest absolute Gasteiger partial charge is 0.220 e. The summed E-state index contributed by atoms with van der Waals surface area (Å²) in [5, 5.41) is 0. The second-order valence-corrected chi connectivity index (χ2v) is 4.52. The molecule has 2 fully saturated rings. The van der Waals surface area contributed by atoms with Crippen LogP contribution in [0.4, 0.5) is 0 Å². The van der Waals surface area contributed by atoms with Crippen molar-refractivity contribution >= 4 is 5.91 Å². The molecule has 2 N–H and O–H groups in total. The van der Waals surface area contributed by atoms with E-state index in [2.05, 4.69) is 6.92 Å². The number of carbonyl (C=O) groups is 1. The quantitative estimate of drug-likeness (QED) is 0.606. The Morgan fingerprint density at radius 1 is 1.36 bits per heavy atom. The summed E-state index contributed by atoms with van der Waals surface area (Å²) in [7, 11) is 0. The van der Waals surface area contributed by atoms with Crippen molar-refractivity contribution in [2.45, 2.75) is 32.6 Å². The second-order valence-electron chi connectivity index (χ2n) is 4.52. The number of nitrogens with two attached hydrogens (primary N) is 1. The van der Waals surface area contributed by atoms with Gasteiger partial charge >= 0.3 is 0 Å². The molecule has 2 nitrogen and oxygen atoms in total. The Morgan fingerprint density at radius 3 is 2.27 bits per heavy atom. The third kappa shape index (κ3) is 0.959. The first kappa shape index (κ1) is 7.14. The van der Waals surface area contributed by atoms with Crippen LogP contribution in [-0.2, 0) is 4.79 Å². The second kappa shape index (κ2) is 1.99. The Hall–Kier alpha value is -0.530. The number of primary amides is 1. The van der Waals surface area contributed by atoms with E-state index in [-0.39, 0.29) is 11.8 Å². The number of hydrogen-bond donors (Lipinski definition) is 1. The fourth-order valence-corrected chi connectivity index (χ4v) is 2.94. The fourth-order valence-electron chi connectivity index (χ4n) is 2.94. The van der Waals surface area contributed by atoms with E-state index in [4.69, 9.17) is 5.73 Å². The summed E-state index contributed by atoms with van der Waals surface area (Å²) in [6.45, 7) is 2.28. The van der Waals surface area contributed by atoms with E-state index in [0.717, 1.165) is 18.8 Å². The largest absolute Gasteiger partial charge is 0.369 e. The van der Waals surface area contributed by atoms with Gasteiger partial charge in [0.15, 0.2) is 0 Å². The van der Waals surface area contributed by atoms with Crippen molar-refractivity contribution in [3.63, 3.8) is 0 Å². The van der Waals surface area contributed by atoms with E-state index < -0.39 is 0 Å². The molecule has 0 saturated heterocycles. The van der Waals surface area contributed by atoms with Crippen molar-refractivity contribution in [1.82, 2.24) is 0 Å². The molecule has 0 aromatic carbocycles. The van der Waals surface area contributed by atoms with Crippen molar-refractivity contribution in [3.8, 4) is 0 Å². The lowest BCUT2D eigenvalue weighted by Gasteiger charge is -2.56. The van der Waals surface area contributed by atoms with Crippen molar-refractivity contribution in [3.05, 3.63) is 0 Å². The summed E-state index contributed by atoms with van der Waals surface area (Å²) in [6.07, 6.45) is 4.81. The SMILES string of the molecule is CC1CC2(C1)CC(C(N)=O)C2. The average molecular weight is 153 g/mol. The molecule has 0 atom stereocenters. The molecule has 0 aliphatic heterocycles. The highest BCUT2D eigenvalue weighted by molar-refractivity contribution is 5.77. The van der Waals surface area contributed by atoms with Gasteiger partial charge < -0.3 is 5.73 Å². The highest BCUT2D eigenvalue weighted by Crippen LogP contribution is 2.60. The summed E-state index contributed by atoms with van der Waals surface area (Å²) in [5.74, 6) is 1.02. The molecule has 2 heteroatoms. The Balaban J connectivity index is 1.84. The van der Waals surface area contributed by atoms with Crippen LogP contribution in [0.1, 0.15) is 32.6 Å². The number of hydrogen-bond acceptors (Lipinski definition) is 1. The number of amides is 1. The van der Waals surface area contributed by atoms with Gasteiger partial charge in [0, 0.05) is 5.92 Å². The predicted molar refractivity (Wildman–Crippen MR) is 42.7 cm³/mol. The van der Waals surface area contributed by atoms with Gasteiger partial charge in [-0.25, -0.2) is 0 Å². The molecule has 62 valence electrons. The van der Waals surface area contributed by atoms with Crippen LogP contribution >= 0.6 is 0 Å². The van der Waals surface area contributed by atoms with E-state index in [0.29, 0.717) is 5.41 Å². The van der Waals surface area contributed by atoms with Gasteiger partial charge in [0.05, 0.1) is 0 Å². The van der Waals surface area contributed by atoms with Crippen LogP contribution in [0.15, 0.2) is 0 Å². The molecule has 0 aromatic rings. The van der Waals surface area contributed by atoms with E-state index in [1.807, 2.05) is 0 Å². The van der Waals surface area contributed by atoms with Crippen molar-refractivity contribution in [1.29, 1.82) is 0 Å². The minimum Gasteiger partial charge on any atom is -0.369 e. The van der Waals surface area contributed by atoms with Crippen LogP contribution in [-0.4, -0.2) is 5.91 Å². The monoisotopic (exact) mass is 153 g/mol. The minimum atomic E-state index is -0.0878. The first-order chi connectivity index (χ1) is 5.11. The Bertz CT molecular complexity index is 186. The van der Waals surface area contributed by atoms with E-state index in [1.54, 1.807) is 0 Å². The highest BCUT2D eigenvalue weighted by Gasteiger charge is 2.52. The van der Waals surface area contributed by atoms with Crippen molar-refractivity contribution < 1.29 is 4.79 Å². The van der Waals surface area contributed by atoms with Crippen molar-refractivity contribution in [2.75, 3.05) is 0 Å². The zero-order valence-electron chi connectivity index (χ0n) is 6.97. The molecule has 0 bridgehead atoms. The topological polar surface area (TPSA) is 43.1 Å². The van der Waals surface area contributed by atoms with Gasteiger partial charge in [-0.3, -0.25) is 4.79 Å². The van der Waals surface area contributed by atoms with E-state index >= 15 is 0 Å². The van der Waals surface area contributed by atoms with Gasteiger partial charge in [-0.1, -0.05) is 6.92 Å². The molecule has 2 aliphatic rings. The summed E-state index contributed by atoms with van der Waals surface area (Å²) in [5.41, 5.74) is 5.76. The van der Waals surface area contributed by atoms with Crippen LogP contribution < -0.4 is 5.73 Å². The van der Waals surface area contributed by atoms with Crippen LogP contribution in [0.3, 0.4) is 0 Å². The average Bonchev–Trinajstić information content (AvgIpc) is 1.73. The molecule has 1 spiro atoms. The molecule has 2 rings (SSSR count). The number of carbonyl (C=O) groups excluding carboxylic acids is 1. The third-order valence-electron chi connectivity index (χ3n) is 3.32. The molecule has 2 saturated carbocycles. The summed E-state index contributed by atoms with van der Waals surface area (Å²) in [4.78, 5) is 10.7. The van der Waals surface area contributed by atoms with Gasteiger partial charge in [-0.05, 0) is 37.0 Å². The van der Waals surface area contributed by atoms with Crippen molar-refractivity contribution in [2.24, 2.45) is 23.0 Å². The van der Waals surface area contributed by atoms with Gasteiger partial charge in [0.2, 0.25) is 5.91 Å². The first-order valence-electron chi connectivity index (χ1n) is 4.41. The summed E-state index contributed by atoms with van der Waals surface area (Å²) >= 11 is 0. The predicted octanol–water partition coefficient (Wildman–Crippen LogP) is 1.30. The maximum absolute atomic E-state index is 10.7. The molecule has 11 heavy (non-hydrogen) atoms. The Morgan fingerprint density at radius 2 is 1.91 bits per heavy atom. The van der Waals surface area contributed by atoms with Crippen LogP contribution in [0.25, 0.3) is 0 Å². The molecular formula is C9H15NO. The summed E-state index contributed by atoms with van der Waals surface area (Å²) < 4.78 is 0. The molecule has 0 unspecified atom stereocenters. The minimum absolute atomic E-state index is 0.0878. The molecular weight excluding hydrogens is 138 g/mol. The van der Waals surface area contributed by atoms with Gasteiger partial charge in [0.1, 0.15) is 0 Å². The zero-order chi connectivity index (χ0) is 8.06. The normalized spacial score (nSPS) is 48.1. The lowest BCUT2D eigenvalue weighted by Crippen LogP contribution is -2.50.